The molecule has 0 saturated carbocycles. The van der Waals surface area contributed by atoms with Crippen molar-refractivity contribution in [1.82, 2.24) is 9.97 Å². The van der Waals surface area contributed by atoms with E-state index in [2.05, 4.69) is 20.0 Å². The minimum atomic E-state index is -4.25. The van der Waals surface area contributed by atoms with Crippen molar-refractivity contribution >= 4 is 43.8 Å². The largest absolute Gasteiger partial charge is 0.504 e. The number of sulfonamides is 1. The van der Waals surface area contributed by atoms with Gasteiger partial charge < -0.3 is 15.2 Å². The molecule has 3 N–H and O–H groups in total. The molecule has 0 amide bonds. The van der Waals surface area contributed by atoms with E-state index in [0.29, 0.717) is 21.7 Å². The number of methoxy groups -OCH3 is 1. The summed E-state index contributed by atoms with van der Waals surface area (Å²) in [6.07, 6.45) is 1.28. The molecule has 2 aromatic heterocycles. The Morgan fingerprint density at radius 3 is 2.51 bits per heavy atom. The van der Waals surface area contributed by atoms with E-state index in [1.807, 2.05) is 0 Å². The number of thiazole rings is 1. The third kappa shape index (κ3) is 6.53. The van der Waals surface area contributed by atoms with Crippen LogP contribution in [0.2, 0.25) is 5.02 Å². The summed E-state index contributed by atoms with van der Waals surface area (Å²) in [4.78, 5) is 8.96. The second kappa shape index (κ2) is 12.1. The van der Waals surface area contributed by atoms with Crippen LogP contribution in [0.4, 0.5) is 24.0 Å². The number of nitrogens with one attached hydrogen (secondary N) is 2. The van der Waals surface area contributed by atoms with Gasteiger partial charge in [-0.25, -0.2) is 23.1 Å². The van der Waals surface area contributed by atoms with Crippen LogP contribution in [0.3, 0.4) is 0 Å². The lowest BCUT2D eigenvalue weighted by molar-refractivity contribution is 0.367. The zero-order chi connectivity index (χ0) is 30.9. The van der Waals surface area contributed by atoms with Crippen molar-refractivity contribution in [3.8, 4) is 33.2 Å². The van der Waals surface area contributed by atoms with Gasteiger partial charge in [-0.2, -0.15) is 8.42 Å². The summed E-state index contributed by atoms with van der Waals surface area (Å²) >= 11 is 6.94. The Morgan fingerprint density at radius 2 is 1.81 bits per heavy atom. The van der Waals surface area contributed by atoms with Crippen molar-refractivity contribution in [2.24, 2.45) is 0 Å². The van der Waals surface area contributed by atoms with Crippen molar-refractivity contribution in [1.29, 1.82) is 0 Å². The van der Waals surface area contributed by atoms with Gasteiger partial charge in [0.05, 0.1) is 34.6 Å². The van der Waals surface area contributed by atoms with Gasteiger partial charge >= 0.3 is 0 Å². The van der Waals surface area contributed by atoms with Gasteiger partial charge in [0.2, 0.25) is 0 Å². The fourth-order valence-electron chi connectivity index (χ4n) is 4.25. The number of phenolic OH excluding ortho intramolecular Hbond substituents is 1. The van der Waals surface area contributed by atoms with E-state index < -0.39 is 27.5 Å². The molecule has 0 spiro atoms. The van der Waals surface area contributed by atoms with E-state index in [-0.39, 0.29) is 50.0 Å². The Kier molecular flexibility index (Phi) is 8.49. The van der Waals surface area contributed by atoms with E-state index in [1.165, 1.54) is 49.7 Å². The van der Waals surface area contributed by atoms with Gasteiger partial charge in [-0.05, 0) is 60.5 Å². The summed E-state index contributed by atoms with van der Waals surface area (Å²) in [5, 5.41) is 12.8. The minimum absolute atomic E-state index is 0.00354. The summed E-state index contributed by atoms with van der Waals surface area (Å²) in [5.74, 6) is -1.99. The maximum Gasteiger partial charge on any atom is 0.281 e. The van der Waals surface area contributed by atoms with Gasteiger partial charge in [-0.3, -0.25) is 4.72 Å². The van der Waals surface area contributed by atoms with Gasteiger partial charge in [-0.1, -0.05) is 35.1 Å². The Bertz CT molecular complexity index is 1950. The number of benzene rings is 3. The third-order valence-electron chi connectivity index (χ3n) is 6.23. The molecule has 0 atom stereocenters. The fraction of sp³-hybridized carbons (Fsp3) is 0.103. The number of rotatable bonds is 9. The highest BCUT2D eigenvalue weighted by Gasteiger charge is 2.24. The summed E-state index contributed by atoms with van der Waals surface area (Å²) < 4.78 is 75.9. The molecule has 0 saturated heterocycles. The number of ether oxygens (including phenoxy) is 1. The molecular formula is C29H22ClF3N4O4S2. The van der Waals surface area contributed by atoms with Gasteiger partial charge in [-0.15, -0.1) is 0 Å². The lowest BCUT2D eigenvalue weighted by Crippen LogP contribution is -2.16. The van der Waals surface area contributed by atoms with Crippen LogP contribution < -0.4 is 14.8 Å². The van der Waals surface area contributed by atoms with Crippen LogP contribution in [-0.2, 0) is 16.6 Å². The molecule has 0 aliphatic heterocycles. The zero-order valence-electron chi connectivity index (χ0n) is 22.5. The highest BCUT2D eigenvalue weighted by molar-refractivity contribution is 7.92. The average Bonchev–Trinajstić information content (AvgIpc) is 3.37. The molecule has 14 heteroatoms. The lowest BCUT2D eigenvalue weighted by Gasteiger charge is -2.13. The number of hydrogen-bond acceptors (Lipinski definition) is 8. The molecule has 0 bridgehead atoms. The van der Waals surface area contributed by atoms with Gasteiger partial charge in [0.1, 0.15) is 17.5 Å². The first kappa shape index (κ1) is 30.1. The number of aryl methyl sites for hydroxylation is 1. The maximum absolute atomic E-state index is 14.1. The highest BCUT2D eigenvalue weighted by atomic mass is 35.5. The van der Waals surface area contributed by atoms with Crippen LogP contribution in [0, 0.1) is 24.4 Å². The van der Waals surface area contributed by atoms with Crippen LogP contribution in [0.1, 0.15) is 11.1 Å². The quantitative estimate of drug-likeness (QED) is 0.153. The van der Waals surface area contributed by atoms with E-state index in [1.54, 1.807) is 13.0 Å². The smallest absolute Gasteiger partial charge is 0.281 e. The van der Waals surface area contributed by atoms with Gasteiger partial charge in [0.25, 0.3) is 10.0 Å². The first-order valence-electron chi connectivity index (χ1n) is 12.5. The SMILES string of the molecule is COc1cc(F)cc(CNc2cnc(S(=O)(=O)Nc3nc(-c4ccc(F)c(Cl)c4)c(-c4cccc(F)c4)s3)c(C)c2)c1O. The average molecular weight is 647 g/mol. The number of halogens is 4. The molecule has 0 fully saturated rings. The monoisotopic (exact) mass is 646 g/mol. The number of pyridine rings is 1. The Labute approximate surface area is 253 Å². The Morgan fingerprint density at radius 1 is 1.02 bits per heavy atom. The topological polar surface area (TPSA) is 113 Å². The first-order valence-corrected chi connectivity index (χ1v) is 15.1. The number of anilines is 2. The second-order valence-corrected chi connectivity index (χ2v) is 12.3. The van der Waals surface area contributed by atoms with Crippen molar-refractivity contribution in [2.75, 3.05) is 17.1 Å². The fourth-order valence-corrected chi connectivity index (χ4v) is 6.81. The van der Waals surface area contributed by atoms with Crippen LogP contribution in [0.25, 0.3) is 21.7 Å². The van der Waals surface area contributed by atoms with Crippen LogP contribution in [0.15, 0.2) is 71.9 Å². The predicted octanol–water partition coefficient (Wildman–Crippen LogP) is 7.38. The predicted molar refractivity (Wildman–Crippen MR) is 160 cm³/mol. The summed E-state index contributed by atoms with van der Waals surface area (Å²) in [7, 11) is -2.94. The van der Waals surface area contributed by atoms with Crippen LogP contribution in [-0.4, -0.2) is 30.6 Å². The number of hydrogen-bond donors (Lipinski definition) is 3. The van der Waals surface area contributed by atoms with Crippen LogP contribution in [0.5, 0.6) is 11.5 Å². The first-order chi connectivity index (χ1) is 20.4. The Balaban J connectivity index is 1.42. The molecule has 2 heterocycles. The van der Waals surface area contributed by atoms with Crippen molar-refractivity contribution in [2.45, 2.75) is 18.5 Å². The van der Waals surface area contributed by atoms with Crippen molar-refractivity contribution < 1.29 is 31.4 Å². The standard InChI is InChI=1S/C29H22ClF3N4O4S2/c1-15-8-21(34-13-18-10-20(32)12-24(41-2)26(18)38)14-35-28(15)43(39,40)37-29-36-25(16-6-7-23(33)22(30)11-16)27(42-29)17-4-3-5-19(31)9-17/h3-12,14,34,38H,13H2,1-2H3,(H,36,37). The molecule has 43 heavy (non-hydrogen) atoms. The highest BCUT2D eigenvalue weighted by Crippen LogP contribution is 2.41. The van der Waals surface area contributed by atoms with E-state index in [4.69, 9.17) is 16.3 Å². The molecule has 5 rings (SSSR count). The van der Waals surface area contributed by atoms with E-state index >= 15 is 0 Å². The number of nitrogens with zero attached hydrogens (tertiary/aromatic N) is 2. The lowest BCUT2D eigenvalue weighted by atomic mass is 10.1. The summed E-state index contributed by atoms with van der Waals surface area (Å²) in [6.45, 7) is 1.55. The number of aromatic nitrogens is 2. The zero-order valence-corrected chi connectivity index (χ0v) is 24.8. The van der Waals surface area contributed by atoms with Gasteiger partial charge in [0, 0.05) is 23.7 Å². The van der Waals surface area contributed by atoms with Crippen molar-refractivity contribution in [3.05, 3.63) is 100 Å². The normalized spacial score (nSPS) is 11.4. The molecule has 0 radical (unpaired) electrons. The van der Waals surface area contributed by atoms with Gasteiger partial charge in [0.15, 0.2) is 21.7 Å². The maximum atomic E-state index is 14.1. The summed E-state index contributed by atoms with van der Waals surface area (Å²) in [5.41, 5.74) is 2.04. The molecule has 8 nitrogen and oxygen atoms in total. The number of phenols is 1. The van der Waals surface area contributed by atoms with E-state index in [0.717, 1.165) is 29.5 Å². The third-order valence-corrected chi connectivity index (χ3v) is 9.07. The molecule has 0 unspecified atom stereocenters. The van der Waals surface area contributed by atoms with E-state index in [9.17, 15) is 26.7 Å². The number of aromatic hydroxyl groups is 1. The molecule has 3 aromatic carbocycles. The molecule has 0 aliphatic carbocycles. The molecule has 222 valence electrons. The second-order valence-electron chi connectivity index (χ2n) is 9.26. The molecule has 0 aliphatic rings. The Hall–Kier alpha value is -4.33. The minimum Gasteiger partial charge on any atom is -0.504 e. The molecule has 5 aromatic rings. The van der Waals surface area contributed by atoms with Crippen molar-refractivity contribution in [3.63, 3.8) is 0 Å². The molecular weight excluding hydrogens is 625 g/mol. The summed E-state index contributed by atoms with van der Waals surface area (Å²) in [6, 6.07) is 13.4. The van der Waals surface area contributed by atoms with Crippen LogP contribution >= 0.6 is 22.9 Å².